The Balaban J connectivity index is 1.92. The predicted molar refractivity (Wildman–Crippen MR) is 96.5 cm³/mol. The number of fused-ring (bicyclic) bond motifs is 2. The van der Waals surface area contributed by atoms with Crippen molar-refractivity contribution < 1.29 is 4.74 Å². The van der Waals surface area contributed by atoms with Gasteiger partial charge < -0.3 is 10.5 Å². The second-order valence-electron chi connectivity index (χ2n) is 6.78. The summed E-state index contributed by atoms with van der Waals surface area (Å²) < 4.78 is 7.91. The van der Waals surface area contributed by atoms with E-state index < -0.39 is 0 Å². The fraction of sp³-hybridized carbons (Fsp3) is 0.222. The first-order valence-corrected chi connectivity index (χ1v) is 7.96. The summed E-state index contributed by atoms with van der Waals surface area (Å²) in [5.41, 5.74) is 7.20. The molecule has 0 amide bonds. The lowest BCUT2D eigenvalue weighted by molar-refractivity contribution is 0.349. The zero-order valence-corrected chi connectivity index (χ0v) is 14.3. The number of hydrogen-bond donors (Lipinski definition) is 1. The SMILES string of the molecule is CC(C)(C)n1nc(Oc2cccc3cccnc23)c2c(N)ncnc21. The van der Waals surface area contributed by atoms with Gasteiger partial charge in [-0.1, -0.05) is 18.2 Å². The zero-order valence-electron chi connectivity index (χ0n) is 14.3. The number of ether oxygens (including phenoxy) is 1. The highest BCUT2D eigenvalue weighted by Gasteiger charge is 2.24. The molecule has 3 aromatic heterocycles. The van der Waals surface area contributed by atoms with Gasteiger partial charge in [-0.25, -0.2) is 14.6 Å². The Labute approximate surface area is 144 Å². The first kappa shape index (κ1) is 15.3. The molecule has 7 heteroatoms. The first-order chi connectivity index (χ1) is 11.9. The molecule has 4 aromatic rings. The molecular weight excluding hydrogens is 316 g/mol. The smallest absolute Gasteiger partial charge is 0.251 e. The first-order valence-electron chi connectivity index (χ1n) is 7.96. The van der Waals surface area contributed by atoms with Crippen LogP contribution in [0.15, 0.2) is 42.9 Å². The van der Waals surface area contributed by atoms with Crippen LogP contribution in [-0.4, -0.2) is 24.7 Å². The van der Waals surface area contributed by atoms with Crippen LogP contribution in [0.3, 0.4) is 0 Å². The van der Waals surface area contributed by atoms with Crippen LogP contribution in [0, 0.1) is 0 Å². The lowest BCUT2D eigenvalue weighted by atomic mass is 10.1. The molecule has 126 valence electrons. The lowest BCUT2D eigenvalue weighted by Crippen LogP contribution is -2.23. The molecule has 0 fully saturated rings. The number of rotatable bonds is 2. The van der Waals surface area contributed by atoms with E-state index in [1.807, 2.05) is 51.1 Å². The van der Waals surface area contributed by atoms with Crippen molar-refractivity contribution in [2.24, 2.45) is 0 Å². The van der Waals surface area contributed by atoms with Gasteiger partial charge in [-0.15, -0.1) is 5.10 Å². The summed E-state index contributed by atoms with van der Waals surface area (Å²) in [6, 6.07) is 9.64. The van der Waals surface area contributed by atoms with Gasteiger partial charge in [0.1, 0.15) is 23.0 Å². The minimum absolute atomic E-state index is 0.280. The van der Waals surface area contributed by atoms with Crippen LogP contribution in [0.5, 0.6) is 11.6 Å². The highest BCUT2D eigenvalue weighted by atomic mass is 16.5. The molecule has 0 spiro atoms. The van der Waals surface area contributed by atoms with Crippen LogP contribution < -0.4 is 10.5 Å². The van der Waals surface area contributed by atoms with E-state index in [1.165, 1.54) is 6.33 Å². The molecule has 0 aliphatic rings. The van der Waals surface area contributed by atoms with Crippen LogP contribution in [0.2, 0.25) is 0 Å². The summed E-state index contributed by atoms with van der Waals surface area (Å²) in [4.78, 5) is 12.8. The minimum atomic E-state index is -0.280. The third-order valence-electron chi connectivity index (χ3n) is 3.90. The monoisotopic (exact) mass is 334 g/mol. The molecule has 0 atom stereocenters. The van der Waals surface area contributed by atoms with E-state index in [0.717, 1.165) is 10.9 Å². The largest absolute Gasteiger partial charge is 0.435 e. The summed E-state index contributed by atoms with van der Waals surface area (Å²) in [6.07, 6.45) is 3.17. The summed E-state index contributed by atoms with van der Waals surface area (Å²) >= 11 is 0. The molecule has 0 saturated carbocycles. The lowest BCUT2D eigenvalue weighted by Gasteiger charge is -2.19. The van der Waals surface area contributed by atoms with E-state index in [4.69, 9.17) is 10.5 Å². The van der Waals surface area contributed by atoms with Gasteiger partial charge in [0.25, 0.3) is 5.88 Å². The second-order valence-corrected chi connectivity index (χ2v) is 6.78. The van der Waals surface area contributed by atoms with Crippen molar-refractivity contribution in [3.05, 3.63) is 42.9 Å². The summed E-state index contributed by atoms with van der Waals surface area (Å²) in [5.74, 6) is 1.33. The summed E-state index contributed by atoms with van der Waals surface area (Å²) in [5, 5.41) is 6.20. The molecule has 1 aromatic carbocycles. The molecule has 0 aliphatic carbocycles. The van der Waals surface area contributed by atoms with E-state index >= 15 is 0 Å². The molecule has 7 nitrogen and oxygen atoms in total. The molecule has 2 N–H and O–H groups in total. The van der Waals surface area contributed by atoms with Gasteiger partial charge >= 0.3 is 0 Å². The van der Waals surface area contributed by atoms with Crippen LogP contribution >= 0.6 is 0 Å². The number of anilines is 1. The van der Waals surface area contributed by atoms with Crippen molar-refractivity contribution in [3.8, 4) is 11.6 Å². The molecule has 0 bridgehead atoms. The van der Waals surface area contributed by atoms with Crippen LogP contribution in [-0.2, 0) is 5.54 Å². The van der Waals surface area contributed by atoms with E-state index in [0.29, 0.717) is 28.5 Å². The maximum absolute atomic E-state index is 6.11. The van der Waals surface area contributed by atoms with Gasteiger partial charge in [-0.2, -0.15) is 0 Å². The number of hydrogen-bond acceptors (Lipinski definition) is 6. The number of pyridine rings is 1. The number of benzene rings is 1. The number of nitrogens with two attached hydrogens (primary N) is 1. The quantitative estimate of drug-likeness (QED) is 0.603. The van der Waals surface area contributed by atoms with Crippen LogP contribution in [0.4, 0.5) is 5.82 Å². The van der Waals surface area contributed by atoms with Crippen molar-refractivity contribution >= 4 is 27.8 Å². The van der Waals surface area contributed by atoms with Crippen molar-refractivity contribution in [2.45, 2.75) is 26.3 Å². The fourth-order valence-corrected chi connectivity index (χ4v) is 2.75. The Morgan fingerprint density at radius 2 is 1.84 bits per heavy atom. The second kappa shape index (κ2) is 5.41. The maximum atomic E-state index is 6.11. The van der Waals surface area contributed by atoms with E-state index in [9.17, 15) is 0 Å². The topological polar surface area (TPSA) is 91.7 Å². The number of nitrogen functional groups attached to an aromatic ring is 1. The van der Waals surface area contributed by atoms with Gasteiger partial charge in [0, 0.05) is 11.6 Å². The maximum Gasteiger partial charge on any atom is 0.251 e. The Bertz CT molecular complexity index is 1070. The van der Waals surface area contributed by atoms with E-state index in [2.05, 4.69) is 20.1 Å². The van der Waals surface area contributed by atoms with Crippen LogP contribution in [0.25, 0.3) is 21.9 Å². The van der Waals surface area contributed by atoms with Gasteiger partial charge in [-0.05, 0) is 32.9 Å². The Morgan fingerprint density at radius 3 is 2.64 bits per heavy atom. The molecule has 25 heavy (non-hydrogen) atoms. The predicted octanol–water partition coefficient (Wildman–Crippen LogP) is 3.50. The summed E-state index contributed by atoms with van der Waals surface area (Å²) in [7, 11) is 0. The standard InChI is InChI=1S/C18H18N6O/c1-18(2,3)24-16-13(15(19)21-10-22-16)17(23-24)25-12-8-4-6-11-7-5-9-20-14(11)12/h4-10H,1-3H3,(H2,19,21,22). The average molecular weight is 334 g/mol. The molecular formula is C18H18N6O. The van der Waals surface area contributed by atoms with Crippen molar-refractivity contribution in [2.75, 3.05) is 5.73 Å². The molecule has 0 radical (unpaired) electrons. The Morgan fingerprint density at radius 1 is 1.04 bits per heavy atom. The molecule has 0 saturated heterocycles. The van der Waals surface area contributed by atoms with Gasteiger partial charge in [0.2, 0.25) is 0 Å². The van der Waals surface area contributed by atoms with Crippen molar-refractivity contribution in [1.29, 1.82) is 0 Å². The molecule has 3 heterocycles. The van der Waals surface area contributed by atoms with Gasteiger partial charge in [-0.3, -0.25) is 4.98 Å². The number of nitrogens with zero attached hydrogens (tertiary/aromatic N) is 5. The normalized spacial score (nSPS) is 12.0. The highest BCUT2D eigenvalue weighted by molar-refractivity contribution is 5.92. The van der Waals surface area contributed by atoms with E-state index in [-0.39, 0.29) is 5.54 Å². The zero-order chi connectivity index (χ0) is 17.6. The van der Waals surface area contributed by atoms with Crippen LogP contribution in [0.1, 0.15) is 20.8 Å². The number of aromatic nitrogens is 5. The van der Waals surface area contributed by atoms with Gasteiger partial charge in [0.15, 0.2) is 11.4 Å². The van der Waals surface area contributed by atoms with Gasteiger partial charge in [0.05, 0.1) is 5.54 Å². The minimum Gasteiger partial charge on any atom is -0.435 e. The molecule has 0 unspecified atom stereocenters. The van der Waals surface area contributed by atoms with Crippen molar-refractivity contribution in [3.63, 3.8) is 0 Å². The fourth-order valence-electron chi connectivity index (χ4n) is 2.75. The highest BCUT2D eigenvalue weighted by Crippen LogP contribution is 2.35. The molecule has 0 aliphatic heterocycles. The average Bonchev–Trinajstić information content (AvgIpc) is 2.95. The Kier molecular flexibility index (Phi) is 3.31. The summed E-state index contributed by atoms with van der Waals surface area (Å²) in [6.45, 7) is 6.13. The van der Waals surface area contributed by atoms with Crippen molar-refractivity contribution in [1.82, 2.24) is 24.7 Å². The Hall–Kier alpha value is -3.22. The third kappa shape index (κ3) is 2.53. The third-order valence-corrected chi connectivity index (χ3v) is 3.90. The number of para-hydroxylation sites is 1. The molecule has 4 rings (SSSR count). The van der Waals surface area contributed by atoms with E-state index in [1.54, 1.807) is 10.9 Å².